The highest BCUT2D eigenvalue weighted by molar-refractivity contribution is 6.05. The van der Waals surface area contributed by atoms with E-state index in [9.17, 15) is 14.0 Å². The molecule has 0 aliphatic heterocycles. The number of nitrogens with zero attached hydrogens (tertiary/aromatic N) is 3. The van der Waals surface area contributed by atoms with Gasteiger partial charge in [0.15, 0.2) is 0 Å². The lowest BCUT2D eigenvalue weighted by molar-refractivity contribution is -0.117. The second kappa shape index (κ2) is 12.0. The van der Waals surface area contributed by atoms with E-state index in [2.05, 4.69) is 15.6 Å². The summed E-state index contributed by atoms with van der Waals surface area (Å²) in [4.78, 5) is 30.6. The van der Waals surface area contributed by atoms with Crippen molar-refractivity contribution < 1.29 is 14.0 Å². The van der Waals surface area contributed by atoms with Crippen molar-refractivity contribution >= 4 is 17.9 Å². The number of hydrogen-bond acceptors (Lipinski definition) is 4. The van der Waals surface area contributed by atoms with E-state index in [1.807, 2.05) is 55.5 Å². The minimum atomic E-state index is -0.484. The molecule has 2 N–H and O–H groups in total. The van der Waals surface area contributed by atoms with Crippen LogP contribution in [0.4, 0.5) is 4.39 Å². The average Bonchev–Trinajstić information content (AvgIpc) is 3.41. The van der Waals surface area contributed by atoms with Crippen molar-refractivity contribution in [1.82, 2.24) is 25.4 Å². The number of nitrogens with one attached hydrogen (secondary N) is 2. The molecule has 3 aromatic carbocycles. The van der Waals surface area contributed by atoms with Gasteiger partial charge >= 0.3 is 0 Å². The molecule has 8 heteroatoms. The summed E-state index contributed by atoms with van der Waals surface area (Å²) in [5, 5.41) is 10.4. The first-order chi connectivity index (χ1) is 19.5. The van der Waals surface area contributed by atoms with Gasteiger partial charge in [-0.05, 0) is 73.2 Å². The summed E-state index contributed by atoms with van der Waals surface area (Å²) in [6.45, 7) is 2.15. The number of aryl methyl sites for hydroxylation is 1. The molecule has 0 aliphatic carbocycles. The Balaban J connectivity index is 1.55. The van der Waals surface area contributed by atoms with Crippen molar-refractivity contribution in [1.29, 1.82) is 0 Å². The summed E-state index contributed by atoms with van der Waals surface area (Å²) in [6, 6.07) is 26.1. The zero-order chi connectivity index (χ0) is 27.9. The van der Waals surface area contributed by atoms with Crippen LogP contribution in [0.3, 0.4) is 0 Å². The number of para-hydroxylation sites is 1. The van der Waals surface area contributed by atoms with Crippen LogP contribution in [0, 0.1) is 12.7 Å². The maximum atomic E-state index is 13.7. The fraction of sp³-hybridized carbons (Fsp3) is 0.0625. The molecule has 0 saturated carbocycles. The molecule has 40 heavy (non-hydrogen) atoms. The predicted octanol–water partition coefficient (Wildman–Crippen LogP) is 5.47. The van der Waals surface area contributed by atoms with Crippen LogP contribution in [-0.2, 0) is 11.3 Å². The molecular formula is C32H26FN5O2. The topological polar surface area (TPSA) is 88.9 Å². The van der Waals surface area contributed by atoms with Crippen molar-refractivity contribution in [2.75, 3.05) is 0 Å². The number of pyridine rings is 1. The van der Waals surface area contributed by atoms with Gasteiger partial charge in [-0.25, -0.2) is 9.07 Å². The minimum Gasteiger partial charge on any atom is -0.347 e. The third-order valence-corrected chi connectivity index (χ3v) is 6.16. The Kier molecular flexibility index (Phi) is 7.87. The molecule has 5 rings (SSSR count). The predicted molar refractivity (Wildman–Crippen MR) is 152 cm³/mol. The van der Waals surface area contributed by atoms with Crippen molar-refractivity contribution in [3.8, 4) is 16.9 Å². The fourth-order valence-corrected chi connectivity index (χ4v) is 4.03. The van der Waals surface area contributed by atoms with E-state index in [1.54, 1.807) is 59.7 Å². The highest BCUT2D eigenvalue weighted by atomic mass is 19.1. The molecule has 0 radical (unpaired) electrons. The Hall–Kier alpha value is -5.37. The maximum absolute atomic E-state index is 13.7. The summed E-state index contributed by atoms with van der Waals surface area (Å²) in [7, 11) is 0. The van der Waals surface area contributed by atoms with Gasteiger partial charge in [0.2, 0.25) is 0 Å². The molecule has 2 aromatic heterocycles. The van der Waals surface area contributed by atoms with Crippen molar-refractivity contribution in [2.45, 2.75) is 13.5 Å². The number of carbonyl (C=O) groups excluding carboxylic acids is 2. The van der Waals surface area contributed by atoms with E-state index < -0.39 is 11.8 Å². The summed E-state index contributed by atoms with van der Waals surface area (Å²) in [6.07, 6.45) is 6.65. The number of amides is 2. The number of carbonyl (C=O) groups is 2. The van der Waals surface area contributed by atoms with Crippen LogP contribution < -0.4 is 10.6 Å². The molecule has 7 nitrogen and oxygen atoms in total. The Morgan fingerprint density at radius 2 is 1.68 bits per heavy atom. The molecule has 0 aliphatic rings. The van der Waals surface area contributed by atoms with Crippen LogP contribution in [0.15, 0.2) is 115 Å². The number of halogens is 1. The maximum Gasteiger partial charge on any atom is 0.268 e. The van der Waals surface area contributed by atoms with E-state index >= 15 is 0 Å². The SMILES string of the molecule is Cc1ccc(C(=O)NC(=Cc2cn(-c3ccccc3)nc2-c2ccc(F)cc2)C(=O)NCc2cccnc2)cc1. The van der Waals surface area contributed by atoms with Gasteiger partial charge in [-0.2, -0.15) is 5.10 Å². The number of aromatic nitrogens is 3. The third-order valence-electron chi connectivity index (χ3n) is 6.16. The zero-order valence-corrected chi connectivity index (χ0v) is 21.7. The third kappa shape index (κ3) is 6.36. The molecule has 2 amide bonds. The van der Waals surface area contributed by atoms with Crippen LogP contribution >= 0.6 is 0 Å². The number of hydrogen-bond donors (Lipinski definition) is 2. The van der Waals surface area contributed by atoms with E-state index in [0.717, 1.165) is 16.8 Å². The standard InChI is InChI=1S/C32H26FN5O2/c1-22-9-11-25(12-10-22)31(39)36-29(32(40)35-20-23-6-5-17-34-19-23)18-26-21-38(28-7-3-2-4-8-28)37-30(26)24-13-15-27(33)16-14-24/h2-19,21H,20H2,1H3,(H,35,40)(H,36,39). The lowest BCUT2D eigenvalue weighted by Crippen LogP contribution is -2.34. The smallest absolute Gasteiger partial charge is 0.268 e. The Morgan fingerprint density at radius 3 is 2.38 bits per heavy atom. The average molecular weight is 532 g/mol. The monoisotopic (exact) mass is 531 g/mol. The van der Waals surface area contributed by atoms with E-state index in [4.69, 9.17) is 5.10 Å². The molecule has 198 valence electrons. The van der Waals surface area contributed by atoms with Gasteiger partial charge in [0.25, 0.3) is 11.8 Å². The normalized spacial score (nSPS) is 11.2. The first-order valence-corrected chi connectivity index (χ1v) is 12.6. The largest absolute Gasteiger partial charge is 0.347 e. The van der Waals surface area contributed by atoms with Gasteiger partial charge in [-0.15, -0.1) is 0 Å². The number of rotatable bonds is 8. The van der Waals surface area contributed by atoms with Crippen molar-refractivity contribution in [3.63, 3.8) is 0 Å². The first-order valence-electron chi connectivity index (χ1n) is 12.6. The summed E-state index contributed by atoms with van der Waals surface area (Å²) >= 11 is 0. The van der Waals surface area contributed by atoms with Gasteiger partial charge < -0.3 is 10.6 Å². The van der Waals surface area contributed by atoms with Crippen molar-refractivity contribution in [2.24, 2.45) is 0 Å². The molecule has 0 atom stereocenters. The highest BCUT2D eigenvalue weighted by Gasteiger charge is 2.18. The molecule has 0 spiro atoms. The first kappa shape index (κ1) is 26.2. The second-order valence-corrected chi connectivity index (χ2v) is 9.14. The van der Waals surface area contributed by atoms with Gasteiger partial charge in [-0.3, -0.25) is 14.6 Å². The molecule has 5 aromatic rings. The highest BCUT2D eigenvalue weighted by Crippen LogP contribution is 2.26. The molecule has 0 bridgehead atoms. The lowest BCUT2D eigenvalue weighted by Gasteiger charge is -2.11. The lowest BCUT2D eigenvalue weighted by atomic mass is 10.1. The molecule has 0 unspecified atom stereocenters. The van der Waals surface area contributed by atoms with E-state index in [1.165, 1.54) is 12.1 Å². The quantitative estimate of drug-likeness (QED) is 0.260. The summed E-state index contributed by atoms with van der Waals surface area (Å²) in [5.74, 6) is -1.28. The van der Waals surface area contributed by atoms with Crippen LogP contribution in [-0.4, -0.2) is 26.6 Å². The van der Waals surface area contributed by atoms with Crippen LogP contribution in [0.5, 0.6) is 0 Å². The summed E-state index contributed by atoms with van der Waals surface area (Å²) in [5.41, 5.74) is 4.81. The van der Waals surface area contributed by atoms with Crippen LogP contribution in [0.25, 0.3) is 23.0 Å². The molecule has 2 heterocycles. The molecule has 0 fully saturated rings. The zero-order valence-electron chi connectivity index (χ0n) is 21.7. The van der Waals surface area contributed by atoms with Crippen LogP contribution in [0.1, 0.15) is 27.0 Å². The second-order valence-electron chi connectivity index (χ2n) is 9.14. The fourth-order valence-electron chi connectivity index (χ4n) is 4.03. The Labute approximate surface area is 231 Å². The Bertz CT molecular complexity index is 1650. The van der Waals surface area contributed by atoms with Gasteiger partial charge in [-0.1, -0.05) is 42.0 Å². The molecular weight excluding hydrogens is 505 g/mol. The van der Waals surface area contributed by atoms with Gasteiger partial charge in [0.05, 0.1) is 5.69 Å². The summed E-state index contributed by atoms with van der Waals surface area (Å²) < 4.78 is 15.4. The van der Waals surface area contributed by atoms with Crippen molar-refractivity contribution in [3.05, 3.63) is 143 Å². The van der Waals surface area contributed by atoms with Gasteiger partial charge in [0, 0.05) is 41.8 Å². The van der Waals surface area contributed by atoms with E-state index in [0.29, 0.717) is 22.4 Å². The Morgan fingerprint density at radius 1 is 0.925 bits per heavy atom. The van der Waals surface area contributed by atoms with Crippen LogP contribution in [0.2, 0.25) is 0 Å². The van der Waals surface area contributed by atoms with Gasteiger partial charge in [0.1, 0.15) is 17.2 Å². The minimum absolute atomic E-state index is 0.0328. The van der Waals surface area contributed by atoms with E-state index in [-0.39, 0.29) is 18.1 Å². The number of benzene rings is 3. The molecule has 0 saturated heterocycles.